The second kappa shape index (κ2) is 5.67. The van der Waals surface area contributed by atoms with E-state index >= 15 is 0 Å². The molecule has 0 radical (unpaired) electrons. The maximum atomic E-state index is 11.9. The topological polar surface area (TPSA) is 43.1 Å². The van der Waals surface area contributed by atoms with Crippen LogP contribution in [0.5, 0.6) is 0 Å². The molecule has 4 heteroatoms. The minimum atomic E-state index is -0.0295. The summed E-state index contributed by atoms with van der Waals surface area (Å²) in [6, 6.07) is 12.9. The fourth-order valence-corrected chi connectivity index (χ4v) is 2.49. The Morgan fingerprint density at radius 1 is 1.15 bits per heavy atom. The number of carbonyl (C=O) groups excluding carboxylic acids is 1. The number of furan rings is 1. The average Bonchev–Trinajstić information content (AvgIpc) is 3.16. The summed E-state index contributed by atoms with van der Waals surface area (Å²) in [5, 5.41) is 2.70. The lowest BCUT2D eigenvalue weighted by molar-refractivity contribution is 0.104. The third kappa shape index (κ3) is 2.75. The third-order valence-corrected chi connectivity index (χ3v) is 3.59. The number of thiazole rings is 1. The maximum absolute atomic E-state index is 11.9. The molecule has 0 N–H and O–H groups in total. The first-order valence-corrected chi connectivity index (χ1v) is 6.98. The van der Waals surface area contributed by atoms with Crippen molar-refractivity contribution in [2.24, 2.45) is 0 Å². The number of carbonyl (C=O) groups is 1. The number of benzene rings is 1. The molecule has 1 aromatic carbocycles. The van der Waals surface area contributed by atoms with Crippen molar-refractivity contribution in [1.82, 2.24) is 4.98 Å². The van der Waals surface area contributed by atoms with Crippen molar-refractivity contribution in [2.45, 2.75) is 0 Å². The van der Waals surface area contributed by atoms with Crippen molar-refractivity contribution in [1.29, 1.82) is 0 Å². The molecule has 2 heterocycles. The SMILES string of the molecule is O=C(/C=C/c1csc(-c2ccco2)n1)c1ccccc1. The van der Waals surface area contributed by atoms with Crippen LogP contribution >= 0.6 is 11.3 Å². The van der Waals surface area contributed by atoms with Gasteiger partial charge in [0, 0.05) is 10.9 Å². The van der Waals surface area contributed by atoms with Crippen LogP contribution in [0.25, 0.3) is 16.8 Å². The van der Waals surface area contributed by atoms with Crippen LogP contribution in [0.1, 0.15) is 16.1 Å². The Hall–Kier alpha value is -2.46. The van der Waals surface area contributed by atoms with Gasteiger partial charge in [-0.05, 0) is 24.3 Å². The molecule has 0 aliphatic carbocycles. The van der Waals surface area contributed by atoms with Crippen molar-refractivity contribution < 1.29 is 9.21 Å². The summed E-state index contributed by atoms with van der Waals surface area (Å²) in [6.45, 7) is 0. The molecule has 0 atom stereocenters. The number of hydrogen-bond donors (Lipinski definition) is 0. The highest BCUT2D eigenvalue weighted by Crippen LogP contribution is 2.24. The lowest BCUT2D eigenvalue weighted by Crippen LogP contribution is -1.92. The minimum Gasteiger partial charge on any atom is -0.462 e. The molecular formula is C16H11NO2S. The monoisotopic (exact) mass is 281 g/mol. The van der Waals surface area contributed by atoms with E-state index in [1.165, 1.54) is 17.4 Å². The van der Waals surface area contributed by atoms with Crippen LogP contribution < -0.4 is 0 Å². The molecule has 0 spiro atoms. The van der Waals surface area contributed by atoms with Crippen molar-refractivity contribution in [2.75, 3.05) is 0 Å². The largest absolute Gasteiger partial charge is 0.462 e. The van der Waals surface area contributed by atoms with Crippen LogP contribution in [-0.2, 0) is 0 Å². The Labute approximate surface area is 120 Å². The summed E-state index contributed by atoms with van der Waals surface area (Å²) in [5.41, 5.74) is 1.43. The Balaban J connectivity index is 1.75. The number of ketones is 1. The molecule has 0 amide bonds. The van der Waals surface area contributed by atoms with Gasteiger partial charge in [0.15, 0.2) is 16.6 Å². The van der Waals surface area contributed by atoms with Crippen molar-refractivity contribution in [3.63, 3.8) is 0 Å². The molecular weight excluding hydrogens is 270 g/mol. The number of allylic oxidation sites excluding steroid dienone is 1. The molecule has 0 aliphatic rings. The fourth-order valence-electron chi connectivity index (χ4n) is 1.74. The van der Waals surface area contributed by atoms with Gasteiger partial charge in [0.05, 0.1) is 12.0 Å². The smallest absolute Gasteiger partial charge is 0.185 e. The van der Waals surface area contributed by atoms with E-state index in [9.17, 15) is 4.79 Å². The molecule has 3 rings (SSSR count). The van der Waals surface area contributed by atoms with Gasteiger partial charge in [-0.15, -0.1) is 11.3 Å². The van der Waals surface area contributed by atoms with Crippen molar-refractivity contribution >= 4 is 23.2 Å². The molecule has 98 valence electrons. The highest BCUT2D eigenvalue weighted by atomic mass is 32.1. The van der Waals surface area contributed by atoms with Gasteiger partial charge in [0.25, 0.3) is 0 Å². The molecule has 0 saturated heterocycles. The first-order valence-electron chi connectivity index (χ1n) is 6.10. The van der Waals surface area contributed by atoms with E-state index in [-0.39, 0.29) is 5.78 Å². The van der Waals surface area contributed by atoms with Gasteiger partial charge in [-0.3, -0.25) is 4.79 Å². The molecule has 20 heavy (non-hydrogen) atoms. The number of aromatic nitrogens is 1. The zero-order valence-electron chi connectivity index (χ0n) is 10.5. The lowest BCUT2D eigenvalue weighted by Gasteiger charge is -1.92. The number of nitrogens with zero attached hydrogens (tertiary/aromatic N) is 1. The summed E-state index contributed by atoms with van der Waals surface area (Å²) < 4.78 is 5.28. The minimum absolute atomic E-state index is 0.0295. The van der Waals surface area contributed by atoms with E-state index in [0.29, 0.717) is 5.56 Å². The molecule has 0 fully saturated rings. The molecule has 3 nitrogen and oxygen atoms in total. The summed E-state index contributed by atoms with van der Waals surface area (Å²) in [7, 11) is 0. The second-order valence-electron chi connectivity index (χ2n) is 4.12. The normalized spacial score (nSPS) is 11.0. The molecule has 0 aliphatic heterocycles. The summed E-state index contributed by atoms with van der Waals surface area (Å²) in [4.78, 5) is 16.3. The van der Waals surface area contributed by atoms with Crippen LogP contribution in [-0.4, -0.2) is 10.8 Å². The molecule has 2 aromatic heterocycles. The van der Waals surface area contributed by atoms with E-state index in [1.807, 2.05) is 35.7 Å². The summed E-state index contributed by atoms with van der Waals surface area (Å²) in [6.07, 6.45) is 4.87. The summed E-state index contributed by atoms with van der Waals surface area (Å²) >= 11 is 1.49. The van der Waals surface area contributed by atoms with Crippen LogP contribution in [0.2, 0.25) is 0 Å². The number of rotatable bonds is 4. The molecule has 0 saturated carbocycles. The van der Waals surface area contributed by atoms with Gasteiger partial charge < -0.3 is 4.42 Å². The second-order valence-corrected chi connectivity index (χ2v) is 4.98. The van der Waals surface area contributed by atoms with Gasteiger partial charge >= 0.3 is 0 Å². The predicted octanol–water partition coefficient (Wildman–Crippen LogP) is 4.30. The lowest BCUT2D eigenvalue weighted by atomic mass is 10.1. The van der Waals surface area contributed by atoms with Crippen molar-refractivity contribution in [3.05, 3.63) is 71.4 Å². The maximum Gasteiger partial charge on any atom is 0.185 e. The Kier molecular flexibility index (Phi) is 3.56. The quantitative estimate of drug-likeness (QED) is 0.529. The van der Waals surface area contributed by atoms with E-state index < -0.39 is 0 Å². The zero-order valence-corrected chi connectivity index (χ0v) is 11.3. The zero-order chi connectivity index (χ0) is 13.8. The third-order valence-electron chi connectivity index (χ3n) is 2.72. The van der Waals surface area contributed by atoms with E-state index in [0.717, 1.165) is 16.5 Å². The van der Waals surface area contributed by atoms with Gasteiger partial charge in [-0.2, -0.15) is 0 Å². The molecule has 0 unspecified atom stereocenters. The molecule has 3 aromatic rings. The average molecular weight is 281 g/mol. The van der Waals surface area contributed by atoms with E-state index in [4.69, 9.17) is 4.42 Å². The van der Waals surface area contributed by atoms with Gasteiger partial charge in [-0.1, -0.05) is 30.3 Å². The van der Waals surface area contributed by atoms with Crippen LogP contribution in [0.15, 0.2) is 64.6 Å². The number of hydrogen-bond acceptors (Lipinski definition) is 4. The Morgan fingerprint density at radius 3 is 2.75 bits per heavy atom. The fraction of sp³-hybridized carbons (Fsp3) is 0. The van der Waals surface area contributed by atoms with Crippen LogP contribution in [0.3, 0.4) is 0 Å². The Morgan fingerprint density at radius 2 is 2.00 bits per heavy atom. The van der Waals surface area contributed by atoms with E-state index in [2.05, 4.69) is 4.98 Å². The van der Waals surface area contributed by atoms with Crippen LogP contribution in [0.4, 0.5) is 0 Å². The first-order chi connectivity index (χ1) is 9.83. The Bertz CT molecular complexity index is 727. The van der Waals surface area contributed by atoms with Crippen molar-refractivity contribution in [3.8, 4) is 10.8 Å². The van der Waals surface area contributed by atoms with Gasteiger partial charge in [0.2, 0.25) is 0 Å². The first kappa shape index (κ1) is 12.6. The van der Waals surface area contributed by atoms with E-state index in [1.54, 1.807) is 24.5 Å². The predicted molar refractivity (Wildman–Crippen MR) is 79.6 cm³/mol. The van der Waals surface area contributed by atoms with Gasteiger partial charge in [0.1, 0.15) is 0 Å². The molecule has 0 bridgehead atoms. The van der Waals surface area contributed by atoms with Crippen LogP contribution in [0, 0.1) is 0 Å². The highest BCUT2D eigenvalue weighted by molar-refractivity contribution is 7.13. The standard InChI is InChI=1S/C16H11NO2S/c18-14(12-5-2-1-3-6-12)9-8-13-11-20-16(17-13)15-7-4-10-19-15/h1-11H/b9-8+. The van der Waals surface area contributed by atoms with Gasteiger partial charge in [-0.25, -0.2) is 4.98 Å². The highest BCUT2D eigenvalue weighted by Gasteiger charge is 2.06. The summed E-state index contributed by atoms with van der Waals surface area (Å²) in [5.74, 6) is 0.710.